The van der Waals surface area contributed by atoms with Gasteiger partial charge in [0.15, 0.2) is 0 Å². The molecule has 0 radical (unpaired) electrons. The minimum absolute atomic E-state index is 0.0106. The van der Waals surface area contributed by atoms with Gasteiger partial charge in [-0.3, -0.25) is 5.84 Å². The van der Waals surface area contributed by atoms with E-state index in [-0.39, 0.29) is 6.04 Å². The molecule has 0 heterocycles. The van der Waals surface area contributed by atoms with Crippen molar-refractivity contribution >= 4 is 15.9 Å². The number of benzene rings is 2. The van der Waals surface area contributed by atoms with Crippen molar-refractivity contribution in [3.8, 4) is 0 Å². The molecular formula is C17H21BrN2. The van der Waals surface area contributed by atoms with E-state index in [1.165, 1.54) is 33.4 Å². The molecule has 0 aromatic heterocycles. The molecule has 1 unspecified atom stereocenters. The van der Waals surface area contributed by atoms with Crippen LogP contribution < -0.4 is 11.3 Å². The first kappa shape index (κ1) is 15.2. The summed E-state index contributed by atoms with van der Waals surface area (Å²) in [4.78, 5) is 0. The van der Waals surface area contributed by atoms with Crippen molar-refractivity contribution in [3.63, 3.8) is 0 Å². The van der Waals surface area contributed by atoms with Crippen LogP contribution in [-0.2, 0) is 0 Å². The summed E-state index contributed by atoms with van der Waals surface area (Å²) in [7, 11) is 0. The Kier molecular flexibility index (Phi) is 4.63. The monoisotopic (exact) mass is 332 g/mol. The Bertz CT molecular complexity index is 635. The second kappa shape index (κ2) is 6.08. The standard InChI is InChI=1S/C17H21BrN2/c1-10-5-6-16(18)15(7-10)17(20-19)14-9-12(3)11(2)8-13(14)4/h5-9,17,20H,19H2,1-4H3. The summed E-state index contributed by atoms with van der Waals surface area (Å²) < 4.78 is 1.07. The van der Waals surface area contributed by atoms with Gasteiger partial charge in [0.25, 0.3) is 0 Å². The van der Waals surface area contributed by atoms with E-state index in [4.69, 9.17) is 5.84 Å². The van der Waals surface area contributed by atoms with Crippen molar-refractivity contribution in [2.75, 3.05) is 0 Å². The average Bonchev–Trinajstić information content (AvgIpc) is 2.40. The Morgan fingerprint density at radius 1 is 0.900 bits per heavy atom. The topological polar surface area (TPSA) is 38.0 Å². The van der Waals surface area contributed by atoms with Crippen LogP contribution in [0.5, 0.6) is 0 Å². The lowest BCUT2D eigenvalue weighted by molar-refractivity contribution is 0.630. The van der Waals surface area contributed by atoms with Gasteiger partial charge >= 0.3 is 0 Å². The number of halogens is 1. The van der Waals surface area contributed by atoms with Gasteiger partial charge in [0.2, 0.25) is 0 Å². The molecule has 20 heavy (non-hydrogen) atoms. The summed E-state index contributed by atoms with van der Waals surface area (Å²) in [5, 5.41) is 0. The summed E-state index contributed by atoms with van der Waals surface area (Å²) in [6, 6.07) is 10.8. The van der Waals surface area contributed by atoms with Crippen LogP contribution in [0.25, 0.3) is 0 Å². The van der Waals surface area contributed by atoms with Crippen LogP contribution in [0.1, 0.15) is 39.4 Å². The lowest BCUT2D eigenvalue weighted by Gasteiger charge is -2.22. The first-order valence-corrected chi connectivity index (χ1v) is 7.53. The molecule has 0 aliphatic heterocycles. The molecule has 0 fully saturated rings. The zero-order valence-corrected chi connectivity index (χ0v) is 14.0. The van der Waals surface area contributed by atoms with E-state index in [1.54, 1.807) is 0 Å². The predicted molar refractivity (Wildman–Crippen MR) is 88.7 cm³/mol. The van der Waals surface area contributed by atoms with E-state index < -0.39 is 0 Å². The number of hydrogen-bond acceptors (Lipinski definition) is 2. The zero-order chi connectivity index (χ0) is 14.9. The predicted octanol–water partition coefficient (Wildman–Crippen LogP) is 4.24. The number of nitrogens with one attached hydrogen (secondary N) is 1. The molecule has 0 saturated carbocycles. The number of aryl methyl sites for hydroxylation is 4. The third kappa shape index (κ3) is 2.95. The van der Waals surface area contributed by atoms with Crippen molar-refractivity contribution in [1.29, 1.82) is 0 Å². The first-order chi connectivity index (χ1) is 9.43. The fourth-order valence-electron chi connectivity index (χ4n) is 2.53. The molecule has 0 aliphatic carbocycles. The van der Waals surface area contributed by atoms with E-state index in [2.05, 4.69) is 79.4 Å². The largest absolute Gasteiger partial charge is 0.271 e. The number of rotatable bonds is 3. The molecule has 0 saturated heterocycles. The van der Waals surface area contributed by atoms with E-state index in [0.29, 0.717) is 0 Å². The summed E-state index contributed by atoms with van der Waals surface area (Å²) >= 11 is 3.63. The quantitative estimate of drug-likeness (QED) is 0.651. The Labute approximate surface area is 129 Å². The second-order valence-corrected chi connectivity index (χ2v) is 6.27. The van der Waals surface area contributed by atoms with Gasteiger partial charge in [-0.2, -0.15) is 0 Å². The highest BCUT2D eigenvalue weighted by molar-refractivity contribution is 9.10. The minimum atomic E-state index is -0.0106. The van der Waals surface area contributed by atoms with Gasteiger partial charge in [-0.25, -0.2) is 5.43 Å². The second-order valence-electron chi connectivity index (χ2n) is 5.42. The highest BCUT2D eigenvalue weighted by Gasteiger charge is 2.18. The normalized spacial score (nSPS) is 12.5. The third-order valence-corrected chi connectivity index (χ3v) is 4.54. The SMILES string of the molecule is Cc1ccc(Br)c(C(NN)c2cc(C)c(C)cc2C)c1. The Hall–Kier alpha value is -1.16. The van der Waals surface area contributed by atoms with Gasteiger partial charge in [-0.15, -0.1) is 0 Å². The van der Waals surface area contributed by atoms with E-state index in [9.17, 15) is 0 Å². The van der Waals surface area contributed by atoms with Crippen LogP contribution in [0.15, 0.2) is 34.8 Å². The fraction of sp³-hybridized carbons (Fsp3) is 0.294. The van der Waals surface area contributed by atoms with Crippen LogP contribution in [-0.4, -0.2) is 0 Å². The number of nitrogens with two attached hydrogens (primary N) is 1. The van der Waals surface area contributed by atoms with Gasteiger partial charge in [-0.1, -0.05) is 45.8 Å². The fourth-order valence-corrected chi connectivity index (χ4v) is 3.00. The summed E-state index contributed by atoms with van der Waals surface area (Å²) in [5.41, 5.74) is 10.4. The molecular weight excluding hydrogens is 312 g/mol. The Morgan fingerprint density at radius 3 is 2.20 bits per heavy atom. The third-order valence-electron chi connectivity index (χ3n) is 3.82. The van der Waals surface area contributed by atoms with E-state index >= 15 is 0 Å². The van der Waals surface area contributed by atoms with Crippen LogP contribution in [0.4, 0.5) is 0 Å². The van der Waals surface area contributed by atoms with Gasteiger partial charge in [-0.05, 0) is 61.6 Å². The highest BCUT2D eigenvalue weighted by Crippen LogP contribution is 2.31. The summed E-state index contributed by atoms with van der Waals surface area (Å²) in [6.45, 7) is 8.50. The van der Waals surface area contributed by atoms with Crippen molar-refractivity contribution in [3.05, 3.63) is 68.2 Å². The summed E-state index contributed by atoms with van der Waals surface area (Å²) in [6.07, 6.45) is 0. The highest BCUT2D eigenvalue weighted by atomic mass is 79.9. The maximum absolute atomic E-state index is 5.84. The molecule has 2 nitrogen and oxygen atoms in total. The van der Waals surface area contributed by atoms with Gasteiger partial charge in [0.05, 0.1) is 6.04 Å². The van der Waals surface area contributed by atoms with Crippen LogP contribution >= 0.6 is 15.9 Å². The van der Waals surface area contributed by atoms with E-state index in [1.807, 2.05) is 0 Å². The van der Waals surface area contributed by atoms with Crippen LogP contribution in [0.3, 0.4) is 0 Å². The zero-order valence-electron chi connectivity index (χ0n) is 12.4. The Balaban J connectivity index is 2.58. The molecule has 0 amide bonds. The van der Waals surface area contributed by atoms with Crippen molar-refractivity contribution in [2.24, 2.45) is 5.84 Å². The van der Waals surface area contributed by atoms with Gasteiger partial charge < -0.3 is 0 Å². The van der Waals surface area contributed by atoms with Crippen molar-refractivity contribution < 1.29 is 0 Å². The van der Waals surface area contributed by atoms with Gasteiger partial charge in [0, 0.05) is 4.47 Å². The molecule has 3 N–H and O–H groups in total. The van der Waals surface area contributed by atoms with Gasteiger partial charge in [0.1, 0.15) is 0 Å². The van der Waals surface area contributed by atoms with E-state index in [0.717, 1.165) is 4.47 Å². The molecule has 1 atom stereocenters. The number of hydrogen-bond donors (Lipinski definition) is 2. The lowest BCUT2D eigenvalue weighted by atomic mass is 9.91. The first-order valence-electron chi connectivity index (χ1n) is 6.74. The molecule has 2 aromatic carbocycles. The van der Waals surface area contributed by atoms with Crippen molar-refractivity contribution in [2.45, 2.75) is 33.7 Å². The molecule has 0 aliphatic rings. The number of hydrazine groups is 1. The van der Waals surface area contributed by atoms with Crippen LogP contribution in [0, 0.1) is 27.7 Å². The average molecular weight is 333 g/mol. The molecule has 0 bridgehead atoms. The molecule has 106 valence electrons. The minimum Gasteiger partial charge on any atom is -0.271 e. The lowest BCUT2D eigenvalue weighted by Crippen LogP contribution is -2.29. The molecule has 3 heteroatoms. The molecule has 0 spiro atoms. The molecule has 2 aromatic rings. The maximum atomic E-state index is 5.84. The Morgan fingerprint density at radius 2 is 1.55 bits per heavy atom. The smallest absolute Gasteiger partial charge is 0.0723 e. The van der Waals surface area contributed by atoms with Crippen molar-refractivity contribution in [1.82, 2.24) is 5.43 Å². The molecule has 2 rings (SSSR count). The summed E-state index contributed by atoms with van der Waals surface area (Å²) in [5.74, 6) is 5.84. The van der Waals surface area contributed by atoms with Crippen LogP contribution in [0.2, 0.25) is 0 Å². The maximum Gasteiger partial charge on any atom is 0.0723 e.